The summed E-state index contributed by atoms with van der Waals surface area (Å²) >= 11 is 0. The van der Waals surface area contributed by atoms with E-state index in [-0.39, 0.29) is 0 Å². The molecule has 0 bridgehead atoms. The molecule has 1 aromatic carbocycles. The van der Waals surface area contributed by atoms with Crippen molar-refractivity contribution in [3.63, 3.8) is 0 Å². The van der Waals surface area contributed by atoms with Crippen molar-refractivity contribution in [3.8, 4) is 0 Å². The van der Waals surface area contributed by atoms with Gasteiger partial charge in [0.15, 0.2) is 0 Å². The van der Waals surface area contributed by atoms with Gasteiger partial charge in [0, 0.05) is 12.2 Å². The summed E-state index contributed by atoms with van der Waals surface area (Å²) in [6, 6.07) is 11.0. The zero-order valence-electron chi connectivity index (χ0n) is 9.21. The molecule has 2 nitrogen and oxygen atoms in total. The predicted molar refractivity (Wildman–Crippen MR) is 64.1 cm³/mol. The maximum absolute atomic E-state index is 3.42. The lowest BCUT2D eigenvalue weighted by Crippen LogP contribution is -2.22. The van der Waals surface area contributed by atoms with Gasteiger partial charge < -0.3 is 10.2 Å². The monoisotopic (exact) mass is 203 g/mol. The minimum atomic E-state index is 1.07. The van der Waals surface area contributed by atoms with Crippen LogP contribution < -0.4 is 5.32 Å². The molecule has 1 fully saturated rings. The van der Waals surface area contributed by atoms with Crippen LogP contribution in [-0.2, 0) is 0 Å². The first-order valence-electron chi connectivity index (χ1n) is 5.87. The Bertz CT molecular complexity index is 265. The molecular formula is C13H19N2. The van der Waals surface area contributed by atoms with Gasteiger partial charge >= 0.3 is 0 Å². The number of anilines is 1. The Balaban J connectivity index is 1.59. The molecule has 1 aromatic rings. The molecule has 15 heavy (non-hydrogen) atoms. The zero-order chi connectivity index (χ0) is 10.3. The van der Waals surface area contributed by atoms with Crippen molar-refractivity contribution in [1.29, 1.82) is 0 Å². The highest BCUT2D eigenvalue weighted by atomic mass is 15.1. The highest BCUT2D eigenvalue weighted by Gasteiger charge is 2.09. The number of likely N-dealkylation sites (tertiary alicyclic amines) is 1. The highest BCUT2D eigenvalue weighted by Crippen LogP contribution is 2.08. The van der Waals surface area contributed by atoms with Crippen molar-refractivity contribution in [2.45, 2.75) is 19.3 Å². The lowest BCUT2D eigenvalue weighted by Gasteiger charge is -2.14. The minimum Gasteiger partial charge on any atom is -0.385 e. The van der Waals surface area contributed by atoms with Crippen LogP contribution in [-0.4, -0.2) is 31.1 Å². The van der Waals surface area contributed by atoms with Gasteiger partial charge in [-0.05, 0) is 57.1 Å². The molecule has 0 amide bonds. The molecule has 0 aliphatic carbocycles. The molecule has 1 aliphatic rings. The van der Waals surface area contributed by atoms with Crippen molar-refractivity contribution >= 4 is 5.69 Å². The third-order valence-corrected chi connectivity index (χ3v) is 2.90. The normalized spacial score (nSPS) is 16.8. The minimum absolute atomic E-state index is 1.07. The number of nitrogens with zero attached hydrogens (tertiary/aromatic N) is 1. The van der Waals surface area contributed by atoms with Crippen LogP contribution in [0.25, 0.3) is 0 Å². The predicted octanol–water partition coefficient (Wildman–Crippen LogP) is 2.38. The van der Waals surface area contributed by atoms with Crippen molar-refractivity contribution in [1.82, 2.24) is 4.90 Å². The number of rotatable bonds is 5. The van der Waals surface area contributed by atoms with Crippen LogP contribution in [0.4, 0.5) is 5.69 Å². The average Bonchev–Trinajstić information content (AvgIpc) is 2.79. The fraction of sp³-hybridized carbons (Fsp3) is 0.538. The van der Waals surface area contributed by atoms with Crippen LogP contribution in [0.3, 0.4) is 0 Å². The lowest BCUT2D eigenvalue weighted by molar-refractivity contribution is 0.337. The Kier molecular flexibility index (Phi) is 4.03. The number of benzene rings is 1. The van der Waals surface area contributed by atoms with Crippen LogP contribution >= 0.6 is 0 Å². The molecule has 1 N–H and O–H groups in total. The Labute approximate surface area is 92.3 Å². The van der Waals surface area contributed by atoms with Crippen molar-refractivity contribution < 1.29 is 0 Å². The van der Waals surface area contributed by atoms with Crippen LogP contribution in [0.2, 0.25) is 0 Å². The van der Waals surface area contributed by atoms with Crippen molar-refractivity contribution in [3.05, 3.63) is 30.3 Å². The topological polar surface area (TPSA) is 15.3 Å². The van der Waals surface area contributed by atoms with E-state index >= 15 is 0 Å². The first-order valence-corrected chi connectivity index (χ1v) is 5.87. The summed E-state index contributed by atoms with van der Waals surface area (Å²) in [7, 11) is 0. The fourth-order valence-corrected chi connectivity index (χ4v) is 2.05. The quantitative estimate of drug-likeness (QED) is 0.739. The molecule has 0 aromatic heterocycles. The average molecular weight is 203 g/mol. The summed E-state index contributed by atoms with van der Waals surface area (Å²) in [5.74, 6) is 0. The molecule has 1 heterocycles. The molecule has 0 atom stereocenters. The van der Waals surface area contributed by atoms with Crippen molar-refractivity contribution in [2.75, 3.05) is 31.5 Å². The third kappa shape index (κ3) is 3.56. The molecule has 0 unspecified atom stereocenters. The van der Waals surface area contributed by atoms with E-state index in [1.54, 1.807) is 0 Å². The summed E-state index contributed by atoms with van der Waals surface area (Å²) < 4.78 is 0. The zero-order valence-corrected chi connectivity index (χ0v) is 9.21. The second kappa shape index (κ2) is 5.76. The van der Waals surface area contributed by atoms with Gasteiger partial charge in [-0.3, -0.25) is 0 Å². The number of nitrogens with one attached hydrogen (secondary N) is 1. The van der Waals surface area contributed by atoms with E-state index in [1.807, 2.05) is 12.1 Å². The van der Waals surface area contributed by atoms with Gasteiger partial charge in [0.2, 0.25) is 0 Å². The smallest absolute Gasteiger partial charge is 0.0340 e. The van der Waals surface area contributed by atoms with E-state index in [1.165, 1.54) is 44.6 Å². The first-order chi connectivity index (χ1) is 7.45. The second-order valence-corrected chi connectivity index (χ2v) is 4.12. The molecule has 1 saturated heterocycles. The van der Waals surface area contributed by atoms with Crippen LogP contribution in [0, 0.1) is 6.07 Å². The standard InChI is InChI=1S/C13H19N2/c1-2-7-13(8-3-1)14-9-6-12-15-10-4-5-11-15/h2-3,7-8,14H,4-6,9-12H2. The van der Waals surface area contributed by atoms with Gasteiger partial charge in [-0.1, -0.05) is 12.1 Å². The van der Waals surface area contributed by atoms with Gasteiger partial charge in [-0.25, -0.2) is 0 Å². The highest BCUT2D eigenvalue weighted by molar-refractivity contribution is 5.41. The van der Waals surface area contributed by atoms with Gasteiger partial charge in [-0.15, -0.1) is 0 Å². The molecule has 1 radical (unpaired) electrons. The lowest BCUT2D eigenvalue weighted by atomic mass is 10.3. The van der Waals surface area contributed by atoms with Gasteiger partial charge in [0.05, 0.1) is 0 Å². The van der Waals surface area contributed by atoms with Crippen LogP contribution in [0.1, 0.15) is 19.3 Å². The van der Waals surface area contributed by atoms with E-state index in [2.05, 4.69) is 28.4 Å². The molecule has 1 aliphatic heterocycles. The second-order valence-electron chi connectivity index (χ2n) is 4.12. The van der Waals surface area contributed by atoms with E-state index < -0.39 is 0 Å². The largest absolute Gasteiger partial charge is 0.385 e. The number of hydrogen-bond donors (Lipinski definition) is 1. The van der Waals surface area contributed by atoms with E-state index in [9.17, 15) is 0 Å². The molecular weight excluding hydrogens is 184 g/mol. The van der Waals surface area contributed by atoms with E-state index in [0.717, 1.165) is 6.54 Å². The Hall–Kier alpha value is -1.02. The maximum atomic E-state index is 3.42. The molecule has 2 heteroatoms. The van der Waals surface area contributed by atoms with Crippen LogP contribution in [0.15, 0.2) is 24.3 Å². The fourth-order valence-electron chi connectivity index (χ4n) is 2.05. The van der Waals surface area contributed by atoms with Crippen LogP contribution in [0.5, 0.6) is 0 Å². The first kappa shape index (κ1) is 10.5. The molecule has 2 rings (SSSR count). The Morgan fingerprint density at radius 1 is 1.20 bits per heavy atom. The summed E-state index contributed by atoms with van der Waals surface area (Å²) in [6.07, 6.45) is 4.02. The molecule has 81 valence electrons. The Morgan fingerprint density at radius 2 is 1.93 bits per heavy atom. The summed E-state index contributed by atoms with van der Waals surface area (Å²) in [5, 5.41) is 3.42. The summed E-state index contributed by atoms with van der Waals surface area (Å²) in [4.78, 5) is 2.56. The SMILES string of the molecule is [c]1ccc(NCCCN2CCCC2)cc1. The van der Waals surface area contributed by atoms with E-state index in [4.69, 9.17) is 0 Å². The third-order valence-electron chi connectivity index (χ3n) is 2.90. The molecule has 0 spiro atoms. The Morgan fingerprint density at radius 3 is 2.67 bits per heavy atom. The molecule has 0 saturated carbocycles. The van der Waals surface area contributed by atoms with Crippen molar-refractivity contribution in [2.24, 2.45) is 0 Å². The van der Waals surface area contributed by atoms with E-state index in [0.29, 0.717) is 0 Å². The number of hydrogen-bond acceptors (Lipinski definition) is 2. The summed E-state index contributed by atoms with van der Waals surface area (Å²) in [5.41, 5.74) is 1.20. The maximum Gasteiger partial charge on any atom is 0.0340 e. The van der Waals surface area contributed by atoms with Gasteiger partial charge in [0.1, 0.15) is 0 Å². The van der Waals surface area contributed by atoms with Gasteiger partial charge in [-0.2, -0.15) is 0 Å². The van der Waals surface area contributed by atoms with Gasteiger partial charge in [0.25, 0.3) is 0 Å². The summed E-state index contributed by atoms with van der Waals surface area (Å²) in [6.45, 7) is 4.92.